The van der Waals surface area contributed by atoms with Gasteiger partial charge in [0.1, 0.15) is 6.54 Å². The molecule has 1 aromatic carbocycles. The molecule has 0 fully saturated rings. The summed E-state index contributed by atoms with van der Waals surface area (Å²) < 4.78 is 4.94. The molecule has 1 rings (SSSR count). The zero-order valence-electron chi connectivity index (χ0n) is 12.1. The third-order valence-corrected chi connectivity index (χ3v) is 3.21. The zero-order valence-corrected chi connectivity index (χ0v) is 12.1. The van der Waals surface area contributed by atoms with Crippen molar-refractivity contribution in [3.05, 3.63) is 35.9 Å². The Bertz CT molecular complexity index is 456. The highest BCUT2D eigenvalue weighted by atomic mass is 16.5. The van der Waals surface area contributed by atoms with E-state index in [1.807, 2.05) is 30.3 Å². The summed E-state index contributed by atoms with van der Waals surface area (Å²) in [6.45, 7) is 3.85. The van der Waals surface area contributed by atoms with E-state index in [1.54, 1.807) is 13.8 Å². The Morgan fingerprint density at radius 2 is 1.85 bits per heavy atom. The first-order valence-corrected chi connectivity index (χ1v) is 6.45. The summed E-state index contributed by atoms with van der Waals surface area (Å²) in [5.41, 5.74) is 0.0857. The van der Waals surface area contributed by atoms with Crippen LogP contribution in [0.4, 0.5) is 0 Å². The van der Waals surface area contributed by atoms with Gasteiger partial charge in [-0.3, -0.25) is 9.59 Å². The van der Waals surface area contributed by atoms with Crippen molar-refractivity contribution in [1.82, 2.24) is 4.90 Å². The lowest BCUT2D eigenvalue weighted by Crippen LogP contribution is -2.47. The van der Waals surface area contributed by atoms with Gasteiger partial charge < -0.3 is 14.7 Å². The van der Waals surface area contributed by atoms with E-state index in [0.29, 0.717) is 6.61 Å². The summed E-state index contributed by atoms with van der Waals surface area (Å²) >= 11 is 0. The summed E-state index contributed by atoms with van der Waals surface area (Å²) in [5, 5.41) is 8.93. The van der Waals surface area contributed by atoms with Crippen LogP contribution >= 0.6 is 0 Å². The highest BCUT2D eigenvalue weighted by molar-refractivity contribution is 5.89. The molecule has 0 atom stereocenters. The predicted octanol–water partition coefficient (Wildman–Crippen LogP) is 1.52. The smallest absolute Gasteiger partial charge is 0.323 e. The van der Waals surface area contributed by atoms with Crippen molar-refractivity contribution in [3.63, 3.8) is 0 Å². The quantitative estimate of drug-likeness (QED) is 0.822. The fourth-order valence-corrected chi connectivity index (χ4v) is 1.99. The molecule has 0 unspecified atom stereocenters. The van der Waals surface area contributed by atoms with Crippen LogP contribution < -0.4 is 0 Å². The van der Waals surface area contributed by atoms with E-state index in [-0.39, 0.29) is 19.0 Å². The van der Waals surface area contributed by atoms with Crippen molar-refractivity contribution in [2.45, 2.75) is 19.3 Å². The number of nitrogens with zero attached hydrogens (tertiary/aromatic N) is 1. The second-order valence-corrected chi connectivity index (χ2v) is 5.10. The normalized spacial score (nSPS) is 11.2. The van der Waals surface area contributed by atoms with E-state index in [9.17, 15) is 9.59 Å². The Kier molecular flexibility index (Phi) is 5.70. The van der Waals surface area contributed by atoms with Crippen LogP contribution in [0.15, 0.2) is 30.3 Å². The number of aliphatic carboxylic acids is 1. The molecular formula is C15H21NO4. The fraction of sp³-hybridized carbons (Fsp3) is 0.467. The van der Waals surface area contributed by atoms with Gasteiger partial charge in [-0.05, 0) is 19.4 Å². The zero-order chi connectivity index (χ0) is 15.2. The highest BCUT2D eigenvalue weighted by Gasteiger charge is 2.34. The van der Waals surface area contributed by atoms with E-state index in [0.717, 1.165) is 5.56 Å². The number of hydrogen-bond donors (Lipinski definition) is 1. The minimum absolute atomic E-state index is 0.219. The Balaban J connectivity index is 2.94. The van der Waals surface area contributed by atoms with Gasteiger partial charge in [0, 0.05) is 13.7 Å². The number of hydrogen-bond acceptors (Lipinski definition) is 3. The van der Waals surface area contributed by atoms with E-state index < -0.39 is 11.4 Å². The summed E-state index contributed by atoms with van der Waals surface area (Å²) in [7, 11) is 1.52. The van der Waals surface area contributed by atoms with Crippen LogP contribution in [0.3, 0.4) is 0 Å². The van der Waals surface area contributed by atoms with E-state index in [2.05, 4.69) is 0 Å². The number of rotatable bonds is 7. The standard InChI is InChI=1S/C15H21NO4/c1-15(2,12-7-5-4-6-8-12)14(19)16(9-10-20-3)11-13(17)18/h4-8H,9-11H2,1-3H3,(H,17,18). The van der Waals surface area contributed by atoms with Gasteiger partial charge in [-0.15, -0.1) is 0 Å². The maximum absolute atomic E-state index is 12.6. The first kappa shape index (κ1) is 16.2. The molecule has 20 heavy (non-hydrogen) atoms. The Morgan fingerprint density at radius 1 is 1.25 bits per heavy atom. The topological polar surface area (TPSA) is 66.8 Å². The third kappa shape index (κ3) is 4.06. The number of ether oxygens (including phenoxy) is 1. The van der Waals surface area contributed by atoms with Gasteiger partial charge in [0.05, 0.1) is 12.0 Å². The molecule has 0 saturated heterocycles. The van der Waals surface area contributed by atoms with Crippen LogP contribution in [-0.4, -0.2) is 48.7 Å². The molecule has 1 N–H and O–H groups in total. The van der Waals surface area contributed by atoms with E-state index >= 15 is 0 Å². The first-order valence-electron chi connectivity index (χ1n) is 6.45. The molecule has 5 nitrogen and oxygen atoms in total. The number of amides is 1. The Labute approximate surface area is 119 Å². The average molecular weight is 279 g/mol. The summed E-state index contributed by atoms with van der Waals surface area (Å²) in [6, 6.07) is 9.34. The molecule has 0 heterocycles. The molecule has 0 radical (unpaired) electrons. The van der Waals surface area contributed by atoms with E-state index in [4.69, 9.17) is 9.84 Å². The van der Waals surface area contributed by atoms with Crippen LogP contribution in [0, 0.1) is 0 Å². The fourth-order valence-electron chi connectivity index (χ4n) is 1.99. The molecule has 0 aromatic heterocycles. The summed E-state index contributed by atoms with van der Waals surface area (Å²) in [6.07, 6.45) is 0. The lowest BCUT2D eigenvalue weighted by molar-refractivity contribution is -0.147. The SMILES string of the molecule is COCCN(CC(=O)O)C(=O)C(C)(C)c1ccccc1. The van der Waals surface area contributed by atoms with Gasteiger partial charge in [-0.1, -0.05) is 30.3 Å². The molecule has 0 bridgehead atoms. The van der Waals surface area contributed by atoms with Crippen LogP contribution in [0.5, 0.6) is 0 Å². The second kappa shape index (κ2) is 7.05. The minimum Gasteiger partial charge on any atom is -0.480 e. The lowest BCUT2D eigenvalue weighted by atomic mass is 9.83. The first-order chi connectivity index (χ1) is 9.39. The number of methoxy groups -OCH3 is 1. The molecule has 0 aliphatic rings. The molecule has 0 spiro atoms. The van der Waals surface area contributed by atoms with Gasteiger partial charge in [0.25, 0.3) is 0 Å². The van der Waals surface area contributed by atoms with Crippen molar-refractivity contribution in [1.29, 1.82) is 0 Å². The van der Waals surface area contributed by atoms with E-state index in [1.165, 1.54) is 12.0 Å². The monoisotopic (exact) mass is 279 g/mol. The van der Waals surface area contributed by atoms with Crippen molar-refractivity contribution in [3.8, 4) is 0 Å². The van der Waals surface area contributed by atoms with Crippen molar-refractivity contribution < 1.29 is 19.4 Å². The molecule has 1 amide bonds. The van der Waals surface area contributed by atoms with Crippen molar-refractivity contribution >= 4 is 11.9 Å². The average Bonchev–Trinajstić information content (AvgIpc) is 2.43. The van der Waals surface area contributed by atoms with Gasteiger partial charge in [0.15, 0.2) is 0 Å². The van der Waals surface area contributed by atoms with Crippen LogP contribution in [0.2, 0.25) is 0 Å². The molecule has 1 aromatic rings. The molecule has 0 aliphatic heterocycles. The Hall–Kier alpha value is -1.88. The van der Waals surface area contributed by atoms with Crippen LogP contribution in [-0.2, 0) is 19.7 Å². The van der Waals surface area contributed by atoms with Gasteiger partial charge in [-0.25, -0.2) is 0 Å². The molecule has 110 valence electrons. The summed E-state index contributed by atoms with van der Waals surface area (Å²) in [5.74, 6) is -1.25. The number of benzene rings is 1. The number of carboxylic acid groups (broad SMARTS) is 1. The highest BCUT2D eigenvalue weighted by Crippen LogP contribution is 2.25. The van der Waals surface area contributed by atoms with Gasteiger partial charge in [-0.2, -0.15) is 0 Å². The minimum atomic E-state index is -1.03. The van der Waals surface area contributed by atoms with Crippen molar-refractivity contribution in [2.75, 3.05) is 26.8 Å². The number of carbonyl (C=O) groups is 2. The molecule has 0 saturated carbocycles. The Morgan fingerprint density at radius 3 is 2.35 bits per heavy atom. The van der Waals surface area contributed by atoms with Gasteiger partial charge in [0.2, 0.25) is 5.91 Å². The van der Waals surface area contributed by atoms with Crippen molar-refractivity contribution in [2.24, 2.45) is 0 Å². The maximum atomic E-state index is 12.6. The maximum Gasteiger partial charge on any atom is 0.323 e. The molecular weight excluding hydrogens is 258 g/mol. The number of carboxylic acids is 1. The summed E-state index contributed by atoms with van der Waals surface area (Å²) in [4.78, 5) is 24.8. The predicted molar refractivity (Wildman–Crippen MR) is 75.6 cm³/mol. The lowest BCUT2D eigenvalue weighted by Gasteiger charge is -2.31. The van der Waals surface area contributed by atoms with Crippen LogP contribution in [0.1, 0.15) is 19.4 Å². The second-order valence-electron chi connectivity index (χ2n) is 5.10. The molecule has 5 heteroatoms. The number of carbonyl (C=O) groups excluding carboxylic acids is 1. The largest absolute Gasteiger partial charge is 0.480 e. The van der Waals surface area contributed by atoms with Gasteiger partial charge >= 0.3 is 5.97 Å². The van der Waals surface area contributed by atoms with Crippen LogP contribution in [0.25, 0.3) is 0 Å². The molecule has 0 aliphatic carbocycles. The third-order valence-electron chi connectivity index (χ3n) is 3.21.